The van der Waals surface area contributed by atoms with E-state index in [-0.39, 0.29) is 5.91 Å². The summed E-state index contributed by atoms with van der Waals surface area (Å²) < 4.78 is 0. The maximum absolute atomic E-state index is 11.0. The Morgan fingerprint density at radius 2 is 2.16 bits per heavy atom. The fraction of sp³-hybridized carbons (Fsp3) is 0.286. The SMILES string of the molecule is CC(=O)Nc1ccc(C)c(NCc2cnc(C)[nH]2)c1. The van der Waals surface area contributed by atoms with Crippen LogP contribution in [0.2, 0.25) is 0 Å². The van der Waals surface area contributed by atoms with Crippen molar-refractivity contribution in [2.45, 2.75) is 27.3 Å². The average molecular weight is 258 g/mol. The number of nitrogens with one attached hydrogen (secondary N) is 3. The lowest BCUT2D eigenvalue weighted by Crippen LogP contribution is -2.07. The van der Waals surface area contributed by atoms with Gasteiger partial charge in [0.05, 0.1) is 18.4 Å². The smallest absolute Gasteiger partial charge is 0.221 e. The Kier molecular flexibility index (Phi) is 3.85. The molecule has 0 unspecified atom stereocenters. The molecule has 1 amide bonds. The van der Waals surface area contributed by atoms with E-state index in [4.69, 9.17) is 0 Å². The summed E-state index contributed by atoms with van der Waals surface area (Å²) in [4.78, 5) is 18.4. The maximum atomic E-state index is 11.0. The lowest BCUT2D eigenvalue weighted by molar-refractivity contribution is -0.114. The first kappa shape index (κ1) is 13.1. The van der Waals surface area contributed by atoms with E-state index < -0.39 is 0 Å². The molecule has 1 aromatic heterocycles. The number of hydrogen-bond donors (Lipinski definition) is 3. The van der Waals surface area contributed by atoms with Gasteiger partial charge in [0.1, 0.15) is 5.82 Å². The highest BCUT2D eigenvalue weighted by Gasteiger charge is 2.03. The lowest BCUT2D eigenvalue weighted by atomic mass is 10.1. The molecule has 0 aliphatic carbocycles. The number of H-pyrrole nitrogens is 1. The number of rotatable bonds is 4. The Balaban J connectivity index is 2.08. The zero-order valence-electron chi connectivity index (χ0n) is 11.4. The van der Waals surface area contributed by atoms with Crippen LogP contribution in [0.15, 0.2) is 24.4 Å². The maximum Gasteiger partial charge on any atom is 0.221 e. The van der Waals surface area contributed by atoms with Gasteiger partial charge < -0.3 is 15.6 Å². The van der Waals surface area contributed by atoms with Crippen LogP contribution in [0.25, 0.3) is 0 Å². The minimum atomic E-state index is -0.0704. The van der Waals surface area contributed by atoms with Crippen molar-refractivity contribution in [3.05, 3.63) is 41.5 Å². The zero-order chi connectivity index (χ0) is 13.8. The van der Waals surface area contributed by atoms with Crippen LogP contribution in [0.5, 0.6) is 0 Å². The Labute approximate surface area is 112 Å². The minimum absolute atomic E-state index is 0.0704. The molecule has 0 saturated heterocycles. The molecule has 0 radical (unpaired) electrons. The highest BCUT2D eigenvalue weighted by molar-refractivity contribution is 5.89. The summed E-state index contributed by atoms with van der Waals surface area (Å²) in [6, 6.07) is 5.80. The normalized spacial score (nSPS) is 10.3. The molecule has 0 spiro atoms. The van der Waals surface area contributed by atoms with Gasteiger partial charge in [-0.15, -0.1) is 0 Å². The topological polar surface area (TPSA) is 69.8 Å². The van der Waals surface area contributed by atoms with Gasteiger partial charge in [0, 0.05) is 18.3 Å². The third-order valence-electron chi connectivity index (χ3n) is 2.78. The van der Waals surface area contributed by atoms with Crippen LogP contribution in [0.1, 0.15) is 24.0 Å². The molecule has 1 aromatic carbocycles. The van der Waals surface area contributed by atoms with Crippen molar-refractivity contribution in [3.8, 4) is 0 Å². The molecular weight excluding hydrogens is 240 g/mol. The second-order valence-corrected chi connectivity index (χ2v) is 4.56. The predicted molar refractivity (Wildman–Crippen MR) is 76.1 cm³/mol. The minimum Gasteiger partial charge on any atom is -0.379 e. The number of aryl methyl sites for hydroxylation is 2. The van der Waals surface area contributed by atoms with Crippen LogP contribution in [0.4, 0.5) is 11.4 Å². The van der Waals surface area contributed by atoms with Gasteiger partial charge in [-0.25, -0.2) is 4.98 Å². The van der Waals surface area contributed by atoms with Crippen molar-refractivity contribution in [2.75, 3.05) is 10.6 Å². The summed E-state index contributed by atoms with van der Waals surface area (Å²) in [5, 5.41) is 6.11. The van der Waals surface area contributed by atoms with Crippen molar-refractivity contribution in [1.29, 1.82) is 0 Å². The largest absolute Gasteiger partial charge is 0.379 e. The highest BCUT2D eigenvalue weighted by Crippen LogP contribution is 2.20. The third kappa shape index (κ3) is 3.58. The second-order valence-electron chi connectivity index (χ2n) is 4.56. The van der Waals surface area contributed by atoms with Gasteiger partial charge in [-0.1, -0.05) is 6.07 Å². The molecule has 5 nitrogen and oxygen atoms in total. The molecule has 0 fully saturated rings. The van der Waals surface area contributed by atoms with Crippen molar-refractivity contribution in [1.82, 2.24) is 9.97 Å². The number of carbonyl (C=O) groups excluding carboxylic acids is 1. The first-order valence-electron chi connectivity index (χ1n) is 6.17. The monoisotopic (exact) mass is 258 g/mol. The van der Waals surface area contributed by atoms with Gasteiger partial charge in [-0.05, 0) is 31.5 Å². The number of nitrogens with zero attached hydrogens (tertiary/aromatic N) is 1. The number of carbonyl (C=O) groups is 1. The molecular formula is C14H18N4O. The quantitative estimate of drug-likeness (QED) is 0.789. The number of aromatic amines is 1. The fourth-order valence-electron chi connectivity index (χ4n) is 1.85. The summed E-state index contributed by atoms with van der Waals surface area (Å²) >= 11 is 0. The number of aromatic nitrogens is 2. The lowest BCUT2D eigenvalue weighted by Gasteiger charge is -2.11. The van der Waals surface area contributed by atoms with Gasteiger partial charge in [-0.2, -0.15) is 0 Å². The van der Waals surface area contributed by atoms with Gasteiger partial charge in [-0.3, -0.25) is 4.79 Å². The van der Waals surface area contributed by atoms with E-state index in [0.717, 1.165) is 28.5 Å². The number of amides is 1. The number of benzene rings is 1. The van der Waals surface area contributed by atoms with Crippen LogP contribution in [0.3, 0.4) is 0 Å². The van der Waals surface area contributed by atoms with Crippen LogP contribution in [0, 0.1) is 13.8 Å². The number of hydrogen-bond acceptors (Lipinski definition) is 3. The van der Waals surface area contributed by atoms with Gasteiger partial charge >= 0.3 is 0 Å². The van der Waals surface area contributed by atoms with Crippen molar-refractivity contribution >= 4 is 17.3 Å². The fourth-order valence-corrected chi connectivity index (χ4v) is 1.85. The van der Waals surface area contributed by atoms with Crippen LogP contribution in [-0.4, -0.2) is 15.9 Å². The molecule has 3 N–H and O–H groups in total. The first-order chi connectivity index (χ1) is 9.04. The Hall–Kier alpha value is -2.30. The van der Waals surface area contributed by atoms with E-state index in [1.54, 1.807) is 0 Å². The molecule has 0 aliphatic rings. The molecule has 19 heavy (non-hydrogen) atoms. The standard InChI is InChI=1S/C14H18N4O/c1-9-4-5-12(18-11(3)19)6-14(9)16-8-13-7-15-10(2)17-13/h4-7,16H,8H2,1-3H3,(H,15,17)(H,18,19). The van der Waals surface area contributed by atoms with Crippen molar-refractivity contribution in [2.24, 2.45) is 0 Å². The van der Waals surface area contributed by atoms with E-state index in [0.29, 0.717) is 6.54 Å². The molecule has 2 aromatic rings. The molecule has 2 rings (SSSR count). The zero-order valence-corrected chi connectivity index (χ0v) is 11.4. The van der Waals surface area contributed by atoms with Crippen molar-refractivity contribution < 1.29 is 4.79 Å². The highest BCUT2D eigenvalue weighted by atomic mass is 16.1. The van der Waals surface area contributed by atoms with Crippen molar-refractivity contribution in [3.63, 3.8) is 0 Å². The summed E-state index contributed by atoms with van der Waals surface area (Å²) in [5.41, 5.74) is 3.95. The summed E-state index contributed by atoms with van der Waals surface area (Å²) in [7, 11) is 0. The first-order valence-corrected chi connectivity index (χ1v) is 6.17. The Bertz CT molecular complexity index is 589. The summed E-state index contributed by atoms with van der Waals surface area (Å²) in [5.74, 6) is 0.833. The van der Waals surface area contributed by atoms with Crippen LogP contribution >= 0.6 is 0 Å². The summed E-state index contributed by atoms with van der Waals surface area (Å²) in [6.45, 7) is 6.12. The molecule has 100 valence electrons. The van der Waals surface area contributed by atoms with E-state index in [9.17, 15) is 4.79 Å². The molecule has 5 heteroatoms. The number of imidazole rings is 1. The van der Waals surface area contributed by atoms with Crippen LogP contribution < -0.4 is 10.6 Å². The second kappa shape index (κ2) is 5.56. The van der Waals surface area contributed by atoms with Gasteiger partial charge in [0.25, 0.3) is 0 Å². The molecule has 0 saturated carbocycles. The molecule has 0 atom stereocenters. The molecule has 0 aliphatic heterocycles. The number of anilines is 2. The van der Waals surface area contributed by atoms with Gasteiger partial charge in [0.2, 0.25) is 5.91 Å². The third-order valence-corrected chi connectivity index (χ3v) is 2.78. The Morgan fingerprint density at radius 1 is 1.37 bits per heavy atom. The van der Waals surface area contributed by atoms with Crippen LogP contribution in [-0.2, 0) is 11.3 Å². The molecule has 0 bridgehead atoms. The van der Waals surface area contributed by atoms with E-state index >= 15 is 0 Å². The van der Waals surface area contributed by atoms with E-state index in [1.807, 2.05) is 38.2 Å². The van der Waals surface area contributed by atoms with E-state index in [1.165, 1.54) is 6.92 Å². The average Bonchev–Trinajstić information content (AvgIpc) is 2.75. The van der Waals surface area contributed by atoms with E-state index in [2.05, 4.69) is 20.6 Å². The summed E-state index contributed by atoms with van der Waals surface area (Å²) in [6.07, 6.45) is 1.81. The Morgan fingerprint density at radius 3 is 2.79 bits per heavy atom. The van der Waals surface area contributed by atoms with Gasteiger partial charge in [0.15, 0.2) is 0 Å². The predicted octanol–water partition coefficient (Wildman–Crippen LogP) is 2.60. The molecule has 1 heterocycles.